The van der Waals surface area contributed by atoms with Crippen molar-refractivity contribution in [1.82, 2.24) is 15.4 Å². The number of aromatic nitrogens is 1. The number of carbonyl (C=O) groups excluding carboxylic acids is 2. The number of hydrogen-bond donors (Lipinski definition) is 1. The Morgan fingerprint density at radius 2 is 2.00 bits per heavy atom. The van der Waals surface area contributed by atoms with Gasteiger partial charge in [0, 0.05) is 12.1 Å². The third-order valence-electron chi connectivity index (χ3n) is 5.91. The van der Waals surface area contributed by atoms with E-state index >= 15 is 0 Å². The van der Waals surface area contributed by atoms with E-state index in [0.29, 0.717) is 13.2 Å². The zero-order valence-electron chi connectivity index (χ0n) is 16.7. The van der Waals surface area contributed by atoms with Crippen molar-refractivity contribution < 1.29 is 18.8 Å². The number of likely N-dealkylation sites (tertiary alicyclic amines) is 1. The monoisotopic (exact) mass is 377 g/mol. The van der Waals surface area contributed by atoms with Gasteiger partial charge in [0.2, 0.25) is 0 Å². The van der Waals surface area contributed by atoms with Crippen molar-refractivity contribution in [2.45, 2.75) is 83.7 Å². The number of amides is 2. The molecule has 2 fully saturated rings. The van der Waals surface area contributed by atoms with E-state index in [2.05, 4.69) is 10.5 Å². The second kappa shape index (κ2) is 8.31. The summed E-state index contributed by atoms with van der Waals surface area (Å²) >= 11 is 0. The van der Waals surface area contributed by atoms with Gasteiger partial charge in [0.05, 0.1) is 30.3 Å². The maximum absolute atomic E-state index is 13.2. The number of hydrogen-bond acceptors (Lipinski definition) is 5. The minimum absolute atomic E-state index is 0.0144. The highest BCUT2D eigenvalue weighted by Crippen LogP contribution is 2.37. The summed E-state index contributed by atoms with van der Waals surface area (Å²) in [7, 11) is 0. The molecule has 1 saturated carbocycles. The Balaban J connectivity index is 1.75. The molecule has 27 heavy (non-hydrogen) atoms. The molecule has 2 aliphatic rings. The van der Waals surface area contributed by atoms with Crippen LogP contribution in [0.25, 0.3) is 0 Å². The Labute approximate surface area is 160 Å². The van der Waals surface area contributed by atoms with Crippen molar-refractivity contribution >= 4 is 12.0 Å². The van der Waals surface area contributed by atoms with E-state index < -0.39 is 5.54 Å². The van der Waals surface area contributed by atoms with E-state index in [-0.39, 0.29) is 24.5 Å². The molecule has 2 heterocycles. The van der Waals surface area contributed by atoms with Gasteiger partial charge in [0.25, 0.3) is 0 Å². The summed E-state index contributed by atoms with van der Waals surface area (Å²) in [5, 5.41) is 7.28. The van der Waals surface area contributed by atoms with E-state index in [0.717, 1.165) is 62.0 Å². The maximum atomic E-state index is 13.2. The molecule has 0 aromatic carbocycles. The number of nitrogens with zero attached hydrogens (tertiary/aromatic N) is 2. The molecule has 0 bridgehead atoms. The molecule has 1 saturated heterocycles. The fraction of sp³-hybridized carbons (Fsp3) is 0.750. The first-order valence-electron chi connectivity index (χ1n) is 10.1. The molecule has 7 nitrogen and oxygen atoms in total. The van der Waals surface area contributed by atoms with Crippen LogP contribution >= 0.6 is 0 Å². The Kier molecular flexibility index (Phi) is 6.07. The quantitative estimate of drug-likeness (QED) is 0.789. The van der Waals surface area contributed by atoms with Gasteiger partial charge in [-0.25, -0.2) is 4.79 Å². The molecule has 1 aromatic heterocycles. The molecule has 2 amide bonds. The van der Waals surface area contributed by atoms with Gasteiger partial charge >= 0.3 is 12.0 Å². The molecule has 7 heteroatoms. The van der Waals surface area contributed by atoms with Gasteiger partial charge in [-0.05, 0) is 46.5 Å². The summed E-state index contributed by atoms with van der Waals surface area (Å²) in [5.41, 5.74) is 1.37. The number of ether oxygens (including phenoxy) is 1. The van der Waals surface area contributed by atoms with Crippen LogP contribution in [0, 0.1) is 13.8 Å². The van der Waals surface area contributed by atoms with Gasteiger partial charge in [0.1, 0.15) is 5.76 Å². The molecule has 0 spiro atoms. The van der Waals surface area contributed by atoms with Crippen molar-refractivity contribution in [2.24, 2.45) is 0 Å². The highest BCUT2D eigenvalue weighted by Gasteiger charge is 2.40. The lowest BCUT2D eigenvalue weighted by Crippen LogP contribution is -2.55. The van der Waals surface area contributed by atoms with Crippen molar-refractivity contribution in [3.05, 3.63) is 17.0 Å². The summed E-state index contributed by atoms with van der Waals surface area (Å²) in [6, 6.07) is -0.108. The number of aryl methyl sites for hydroxylation is 2. The van der Waals surface area contributed by atoms with E-state index in [9.17, 15) is 9.59 Å². The SMILES string of the molecule is CCOC(=O)CC1(NC(=O)N2CCC[C@H]2c2c(C)noc2C)CCCCC1. The zero-order valence-corrected chi connectivity index (χ0v) is 16.7. The van der Waals surface area contributed by atoms with Crippen molar-refractivity contribution in [1.29, 1.82) is 0 Å². The molecule has 1 aromatic rings. The maximum Gasteiger partial charge on any atom is 0.318 e. The number of esters is 1. The smallest absolute Gasteiger partial charge is 0.318 e. The predicted octanol–water partition coefficient (Wildman–Crippen LogP) is 3.79. The molecule has 3 rings (SSSR count). The van der Waals surface area contributed by atoms with Crippen LogP contribution in [0.3, 0.4) is 0 Å². The first-order chi connectivity index (χ1) is 13.0. The number of urea groups is 1. The summed E-state index contributed by atoms with van der Waals surface area (Å²) in [6.45, 7) is 6.69. The minimum atomic E-state index is -0.493. The van der Waals surface area contributed by atoms with Crippen LogP contribution in [0.15, 0.2) is 4.52 Å². The first-order valence-corrected chi connectivity index (χ1v) is 10.1. The summed E-state index contributed by atoms with van der Waals surface area (Å²) in [5.74, 6) is 0.541. The lowest BCUT2D eigenvalue weighted by molar-refractivity contribution is -0.145. The van der Waals surface area contributed by atoms with Crippen LogP contribution in [0.1, 0.15) is 81.3 Å². The van der Waals surface area contributed by atoms with Crippen LogP contribution in [-0.2, 0) is 9.53 Å². The third kappa shape index (κ3) is 4.28. The first kappa shape index (κ1) is 19.7. The number of rotatable bonds is 5. The molecule has 150 valence electrons. The van der Waals surface area contributed by atoms with Crippen molar-refractivity contribution in [3.63, 3.8) is 0 Å². The van der Waals surface area contributed by atoms with E-state index in [1.165, 1.54) is 0 Å². The molecule has 0 radical (unpaired) electrons. The lowest BCUT2D eigenvalue weighted by Gasteiger charge is -2.39. The molecule has 1 aliphatic carbocycles. The van der Waals surface area contributed by atoms with Crippen molar-refractivity contribution in [3.8, 4) is 0 Å². The molecule has 0 unspecified atom stereocenters. The third-order valence-corrected chi connectivity index (χ3v) is 5.91. The van der Waals surface area contributed by atoms with Gasteiger partial charge in [-0.15, -0.1) is 0 Å². The van der Waals surface area contributed by atoms with Gasteiger partial charge in [-0.3, -0.25) is 4.79 Å². The van der Waals surface area contributed by atoms with Crippen LogP contribution in [0.5, 0.6) is 0 Å². The molecule has 1 aliphatic heterocycles. The molecule has 1 N–H and O–H groups in total. The second-order valence-electron chi connectivity index (χ2n) is 7.84. The van der Waals surface area contributed by atoms with Crippen LogP contribution in [0.2, 0.25) is 0 Å². The molecular weight excluding hydrogens is 346 g/mol. The number of carbonyl (C=O) groups is 2. The topological polar surface area (TPSA) is 84.7 Å². The van der Waals surface area contributed by atoms with Crippen molar-refractivity contribution in [2.75, 3.05) is 13.2 Å². The Hall–Kier alpha value is -2.05. The largest absolute Gasteiger partial charge is 0.466 e. The normalized spacial score (nSPS) is 21.9. The lowest BCUT2D eigenvalue weighted by atomic mass is 9.79. The average Bonchev–Trinajstić information content (AvgIpc) is 3.22. The second-order valence-corrected chi connectivity index (χ2v) is 7.84. The van der Waals surface area contributed by atoms with E-state index in [1.807, 2.05) is 25.7 Å². The predicted molar refractivity (Wildman–Crippen MR) is 100 cm³/mol. The van der Waals surface area contributed by atoms with Crippen LogP contribution in [-0.4, -0.2) is 40.7 Å². The highest BCUT2D eigenvalue weighted by atomic mass is 16.5. The summed E-state index contributed by atoms with van der Waals surface area (Å²) in [6.07, 6.45) is 6.93. The molecule has 1 atom stereocenters. The highest BCUT2D eigenvalue weighted by molar-refractivity contribution is 5.78. The molecular formula is C20H31N3O4. The van der Waals surface area contributed by atoms with Gasteiger partial charge < -0.3 is 19.5 Å². The fourth-order valence-electron chi connectivity index (χ4n) is 4.64. The fourth-order valence-corrected chi connectivity index (χ4v) is 4.64. The standard InChI is InChI=1S/C20H31N3O4/c1-4-26-17(24)13-20(10-6-5-7-11-20)21-19(25)23-12-8-9-16(23)18-14(2)22-27-15(18)3/h16H,4-13H2,1-3H3,(H,21,25)/t16-/m0/s1. The van der Waals surface area contributed by atoms with E-state index in [4.69, 9.17) is 9.26 Å². The zero-order chi connectivity index (χ0) is 19.4. The van der Waals surface area contributed by atoms with E-state index in [1.54, 1.807) is 0 Å². The summed E-state index contributed by atoms with van der Waals surface area (Å²) in [4.78, 5) is 27.2. The average molecular weight is 377 g/mol. The Bertz CT molecular complexity index is 659. The van der Waals surface area contributed by atoms with Crippen LogP contribution in [0.4, 0.5) is 4.79 Å². The van der Waals surface area contributed by atoms with Gasteiger partial charge in [-0.2, -0.15) is 0 Å². The Morgan fingerprint density at radius 1 is 1.26 bits per heavy atom. The summed E-state index contributed by atoms with van der Waals surface area (Å²) < 4.78 is 10.5. The Morgan fingerprint density at radius 3 is 2.63 bits per heavy atom. The minimum Gasteiger partial charge on any atom is -0.466 e. The van der Waals surface area contributed by atoms with Gasteiger partial charge in [0.15, 0.2) is 0 Å². The number of nitrogens with one attached hydrogen (secondary N) is 1. The van der Waals surface area contributed by atoms with Crippen LogP contribution < -0.4 is 5.32 Å². The van der Waals surface area contributed by atoms with Gasteiger partial charge in [-0.1, -0.05) is 24.4 Å².